The molecule has 0 aliphatic rings. The molecular formula is C23H26O2Si. The van der Waals surface area contributed by atoms with Crippen LogP contribution < -0.4 is 9.92 Å². The van der Waals surface area contributed by atoms with Crippen LogP contribution >= 0.6 is 0 Å². The number of rotatable bonds is 8. The first-order chi connectivity index (χ1) is 12.6. The summed E-state index contributed by atoms with van der Waals surface area (Å²) in [5.74, 6) is 0.900. The molecule has 0 aromatic heterocycles. The average molecular weight is 363 g/mol. The zero-order valence-electron chi connectivity index (χ0n) is 15.5. The van der Waals surface area contributed by atoms with Crippen molar-refractivity contribution in [2.45, 2.75) is 26.1 Å². The third kappa shape index (κ3) is 5.32. The van der Waals surface area contributed by atoms with Gasteiger partial charge in [0.2, 0.25) is 8.32 Å². The molecule has 0 heterocycles. The van der Waals surface area contributed by atoms with Gasteiger partial charge in [-0.25, -0.2) is 0 Å². The average Bonchev–Trinajstić information content (AvgIpc) is 2.69. The Balaban J connectivity index is 1.47. The highest BCUT2D eigenvalue weighted by Gasteiger charge is 2.24. The van der Waals surface area contributed by atoms with Crippen molar-refractivity contribution in [2.24, 2.45) is 0 Å². The lowest BCUT2D eigenvalue weighted by molar-refractivity contribution is 0.305. The van der Waals surface area contributed by atoms with E-state index in [1.807, 2.05) is 30.3 Å². The molecule has 0 unspecified atom stereocenters. The molecule has 0 aliphatic heterocycles. The molecule has 0 atom stereocenters. The Morgan fingerprint density at radius 3 is 1.96 bits per heavy atom. The lowest BCUT2D eigenvalue weighted by atomic mass is 10.1. The fourth-order valence-corrected chi connectivity index (χ4v) is 4.61. The van der Waals surface area contributed by atoms with E-state index in [4.69, 9.17) is 9.16 Å². The highest BCUT2D eigenvalue weighted by molar-refractivity contribution is 6.84. The van der Waals surface area contributed by atoms with Gasteiger partial charge in [0.25, 0.3) is 0 Å². The normalized spacial score (nSPS) is 11.3. The highest BCUT2D eigenvalue weighted by Crippen LogP contribution is 2.15. The first-order valence-electron chi connectivity index (χ1n) is 9.09. The molecule has 3 aromatic rings. The van der Waals surface area contributed by atoms with Crippen LogP contribution in [0.2, 0.25) is 13.1 Å². The summed E-state index contributed by atoms with van der Waals surface area (Å²) in [5.41, 5.74) is 2.45. The van der Waals surface area contributed by atoms with Crippen LogP contribution in [-0.4, -0.2) is 14.9 Å². The van der Waals surface area contributed by atoms with Crippen molar-refractivity contribution >= 4 is 13.5 Å². The molecular weight excluding hydrogens is 336 g/mol. The van der Waals surface area contributed by atoms with Gasteiger partial charge in [-0.15, -0.1) is 0 Å². The molecule has 0 amide bonds. The summed E-state index contributed by atoms with van der Waals surface area (Å²) in [4.78, 5) is 0. The summed E-state index contributed by atoms with van der Waals surface area (Å²) in [6.45, 7) is 5.85. The molecule has 0 spiro atoms. The maximum atomic E-state index is 6.26. The van der Waals surface area contributed by atoms with Gasteiger partial charge in [0.1, 0.15) is 12.4 Å². The second kappa shape index (κ2) is 8.83. The Morgan fingerprint density at radius 2 is 1.31 bits per heavy atom. The predicted octanol–water partition coefficient (Wildman–Crippen LogP) is 4.94. The molecule has 3 rings (SSSR count). The van der Waals surface area contributed by atoms with Crippen LogP contribution in [0, 0.1) is 0 Å². The second-order valence-electron chi connectivity index (χ2n) is 6.89. The van der Waals surface area contributed by atoms with Gasteiger partial charge in [0, 0.05) is 6.61 Å². The minimum Gasteiger partial charge on any atom is -0.489 e. The Labute approximate surface area is 157 Å². The van der Waals surface area contributed by atoms with E-state index in [9.17, 15) is 0 Å². The fraction of sp³-hybridized carbons (Fsp3) is 0.217. The standard InChI is InChI=1S/C23H26O2Si/c1-26(2,23-11-7-4-8-12-23)25-18-17-20-13-15-22(16-14-20)24-19-21-9-5-3-6-10-21/h3-16H,17-19H2,1-2H3. The first-order valence-corrected chi connectivity index (χ1v) is 12.0. The minimum absolute atomic E-state index is 0.597. The molecule has 3 aromatic carbocycles. The van der Waals surface area contributed by atoms with Crippen molar-refractivity contribution in [3.8, 4) is 5.75 Å². The Morgan fingerprint density at radius 1 is 0.692 bits per heavy atom. The van der Waals surface area contributed by atoms with Gasteiger partial charge in [0.05, 0.1) is 0 Å². The quantitative estimate of drug-likeness (QED) is 0.529. The topological polar surface area (TPSA) is 18.5 Å². The number of ether oxygens (including phenoxy) is 1. The summed E-state index contributed by atoms with van der Waals surface area (Å²) in [6, 6.07) is 29.1. The molecule has 3 heteroatoms. The van der Waals surface area contributed by atoms with Gasteiger partial charge in [-0.3, -0.25) is 0 Å². The van der Waals surface area contributed by atoms with Gasteiger partial charge in [-0.1, -0.05) is 72.8 Å². The van der Waals surface area contributed by atoms with Crippen LogP contribution in [0.4, 0.5) is 0 Å². The van der Waals surface area contributed by atoms with Crippen molar-refractivity contribution in [1.82, 2.24) is 0 Å². The zero-order valence-corrected chi connectivity index (χ0v) is 16.5. The van der Waals surface area contributed by atoms with Crippen molar-refractivity contribution in [3.05, 3.63) is 96.1 Å². The largest absolute Gasteiger partial charge is 0.489 e. The Kier molecular flexibility index (Phi) is 6.26. The number of benzene rings is 3. The molecule has 134 valence electrons. The monoisotopic (exact) mass is 362 g/mol. The van der Waals surface area contributed by atoms with Crippen molar-refractivity contribution in [3.63, 3.8) is 0 Å². The van der Waals surface area contributed by atoms with Crippen LogP contribution in [0.15, 0.2) is 84.9 Å². The lowest BCUT2D eigenvalue weighted by Crippen LogP contribution is -2.45. The first kappa shape index (κ1) is 18.4. The van der Waals surface area contributed by atoms with E-state index >= 15 is 0 Å². The SMILES string of the molecule is C[Si](C)(OCCc1ccc(OCc2ccccc2)cc1)c1ccccc1. The Hall–Kier alpha value is -2.36. The molecule has 0 fully saturated rings. The molecule has 0 aliphatic carbocycles. The van der Waals surface area contributed by atoms with Gasteiger partial charge in [0.15, 0.2) is 0 Å². The van der Waals surface area contributed by atoms with E-state index in [-0.39, 0.29) is 0 Å². The van der Waals surface area contributed by atoms with Gasteiger partial charge in [-0.05, 0) is 48.0 Å². The maximum absolute atomic E-state index is 6.26. The third-order valence-electron chi connectivity index (χ3n) is 4.49. The number of hydrogen-bond donors (Lipinski definition) is 0. The van der Waals surface area contributed by atoms with Crippen molar-refractivity contribution < 1.29 is 9.16 Å². The predicted molar refractivity (Wildman–Crippen MR) is 110 cm³/mol. The maximum Gasteiger partial charge on any atom is 0.218 e. The van der Waals surface area contributed by atoms with Gasteiger partial charge < -0.3 is 9.16 Å². The van der Waals surface area contributed by atoms with E-state index in [0.717, 1.165) is 18.8 Å². The third-order valence-corrected chi connectivity index (χ3v) is 7.14. The smallest absolute Gasteiger partial charge is 0.218 e. The van der Waals surface area contributed by atoms with Crippen molar-refractivity contribution in [2.75, 3.05) is 6.61 Å². The molecule has 0 bridgehead atoms. The summed E-state index contributed by atoms with van der Waals surface area (Å²) < 4.78 is 12.1. The fourth-order valence-electron chi connectivity index (χ4n) is 2.84. The van der Waals surface area contributed by atoms with Crippen LogP contribution in [-0.2, 0) is 17.5 Å². The molecule has 26 heavy (non-hydrogen) atoms. The van der Waals surface area contributed by atoms with Gasteiger partial charge >= 0.3 is 0 Å². The van der Waals surface area contributed by atoms with E-state index < -0.39 is 8.32 Å². The molecule has 0 N–H and O–H groups in total. The van der Waals surface area contributed by atoms with Crippen molar-refractivity contribution in [1.29, 1.82) is 0 Å². The highest BCUT2D eigenvalue weighted by atomic mass is 28.4. The van der Waals surface area contributed by atoms with Crippen LogP contribution in [0.3, 0.4) is 0 Å². The van der Waals surface area contributed by atoms with Crippen LogP contribution in [0.1, 0.15) is 11.1 Å². The van der Waals surface area contributed by atoms with E-state index in [0.29, 0.717) is 6.61 Å². The van der Waals surface area contributed by atoms with E-state index in [1.165, 1.54) is 16.3 Å². The Bertz CT molecular complexity index is 783. The summed E-state index contributed by atoms with van der Waals surface area (Å²) in [6.07, 6.45) is 0.919. The van der Waals surface area contributed by atoms with Gasteiger partial charge in [-0.2, -0.15) is 0 Å². The summed E-state index contributed by atoms with van der Waals surface area (Å²) in [7, 11) is -1.82. The minimum atomic E-state index is -1.82. The molecule has 0 saturated carbocycles. The molecule has 0 radical (unpaired) electrons. The summed E-state index contributed by atoms with van der Waals surface area (Å²) in [5, 5.41) is 1.34. The summed E-state index contributed by atoms with van der Waals surface area (Å²) >= 11 is 0. The van der Waals surface area contributed by atoms with Crippen LogP contribution in [0.25, 0.3) is 0 Å². The zero-order chi connectivity index (χ0) is 18.2. The second-order valence-corrected chi connectivity index (χ2v) is 10.8. The molecule has 0 saturated heterocycles. The van der Waals surface area contributed by atoms with E-state index in [2.05, 4.69) is 67.7 Å². The lowest BCUT2D eigenvalue weighted by Gasteiger charge is -2.23. The number of hydrogen-bond acceptors (Lipinski definition) is 2. The van der Waals surface area contributed by atoms with E-state index in [1.54, 1.807) is 0 Å². The molecule has 2 nitrogen and oxygen atoms in total. The van der Waals surface area contributed by atoms with Crippen LogP contribution in [0.5, 0.6) is 5.75 Å².